The van der Waals surface area contributed by atoms with Crippen LogP contribution in [0.5, 0.6) is 0 Å². The molecule has 2 fully saturated rings. The molecule has 2 saturated heterocycles. The first kappa shape index (κ1) is 6.59. The highest BCUT2D eigenvalue weighted by molar-refractivity contribution is 4.89. The maximum absolute atomic E-state index is 12.9. The lowest BCUT2D eigenvalue weighted by molar-refractivity contribution is 0.146. The van der Waals surface area contributed by atoms with E-state index in [2.05, 4.69) is 5.32 Å². The molecule has 0 aromatic carbocycles. The van der Waals surface area contributed by atoms with Crippen LogP contribution in [0.15, 0.2) is 0 Å². The van der Waals surface area contributed by atoms with Crippen molar-refractivity contribution in [3.05, 3.63) is 0 Å². The monoisotopic (exact) mass is 143 g/mol. The Balaban J connectivity index is 1.98. The van der Waals surface area contributed by atoms with Crippen LogP contribution in [0.25, 0.3) is 0 Å². The van der Waals surface area contributed by atoms with E-state index in [0.717, 1.165) is 12.8 Å². The van der Waals surface area contributed by atoms with Gasteiger partial charge in [-0.2, -0.15) is 0 Å². The average molecular weight is 143 g/mol. The zero-order valence-corrected chi connectivity index (χ0v) is 6.15. The van der Waals surface area contributed by atoms with E-state index in [1.54, 1.807) is 0 Å². The summed E-state index contributed by atoms with van der Waals surface area (Å²) >= 11 is 0. The van der Waals surface area contributed by atoms with Gasteiger partial charge >= 0.3 is 0 Å². The van der Waals surface area contributed by atoms with E-state index in [1.165, 1.54) is 19.3 Å². The second kappa shape index (κ2) is 2.50. The normalized spacial score (nSPS) is 47.1. The zero-order chi connectivity index (χ0) is 6.97. The summed E-state index contributed by atoms with van der Waals surface area (Å²) in [6.07, 6.45) is 4.69. The van der Waals surface area contributed by atoms with Gasteiger partial charge < -0.3 is 5.32 Å². The molecule has 2 heteroatoms. The van der Waals surface area contributed by atoms with Crippen LogP contribution >= 0.6 is 0 Å². The lowest BCUT2D eigenvalue weighted by Gasteiger charge is -2.37. The van der Waals surface area contributed by atoms with E-state index in [-0.39, 0.29) is 0 Å². The summed E-state index contributed by atoms with van der Waals surface area (Å²) < 4.78 is 12.9. The third-order valence-electron chi connectivity index (χ3n) is 2.66. The molecule has 2 aliphatic rings. The molecule has 0 saturated carbocycles. The van der Waals surface area contributed by atoms with E-state index >= 15 is 0 Å². The summed E-state index contributed by atoms with van der Waals surface area (Å²) in [5.74, 6) is 0. The number of piperidine rings is 2. The van der Waals surface area contributed by atoms with Crippen LogP contribution in [0.2, 0.25) is 0 Å². The van der Waals surface area contributed by atoms with Crippen molar-refractivity contribution in [3.8, 4) is 0 Å². The van der Waals surface area contributed by atoms with Gasteiger partial charge in [0.25, 0.3) is 0 Å². The molecule has 2 rings (SSSR count). The van der Waals surface area contributed by atoms with Crippen molar-refractivity contribution in [2.75, 3.05) is 0 Å². The SMILES string of the molecule is FC1CC2CCCC(C1)N2. The van der Waals surface area contributed by atoms with E-state index < -0.39 is 6.17 Å². The van der Waals surface area contributed by atoms with Gasteiger partial charge in [0.15, 0.2) is 0 Å². The number of hydrogen-bond acceptors (Lipinski definition) is 1. The average Bonchev–Trinajstić information content (AvgIpc) is 1.85. The van der Waals surface area contributed by atoms with E-state index in [9.17, 15) is 4.39 Å². The summed E-state index contributed by atoms with van der Waals surface area (Å²) in [4.78, 5) is 0. The number of rotatable bonds is 0. The summed E-state index contributed by atoms with van der Waals surface area (Å²) in [5, 5.41) is 3.44. The topological polar surface area (TPSA) is 12.0 Å². The molecule has 1 nitrogen and oxygen atoms in total. The first-order valence-electron chi connectivity index (χ1n) is 4.25. The lowest BCUT2D eigenvalue weighted by Crippen LogP contribution is -2.49. The van der Waals surface area contributed by atoms with Crippen LogP contribution in [-0.4, -0.2) is 18.3 Å². The molecule has 2 bridgehead atoms. The molecule has 0 spiro atoms. The van der Waals surface area contributed by atoms with E-state index in [0.29, 0.717) is 12.1 Å². The minimum atomic E-state index is -0.517. The molecular weight excluding hydrogens is 129 g/mol. The van der Waals surface area contributed by atoms with Crippen molar-refractivity contribution in [1.29, 1.82) is 0 Å². The number of fused-ring (bicyclic) bond motifs is 2. The van der Waals surface area contributed by atoms with E-state index in [4.69, 9.17) is 0 Å². The smallest absolute Gasteiger partial charge is 0.103 e. The molecule has 2 atom stereocenters. The Morgan fingerprint density at radius 3 is 2.30 bits per heavy atom. The van der Waals surface area contributed by atoms with Crippen LogP contribution < -0.4 is 5.32 Å². The van der Waals surface area contributed by atoms with Gasteiger partial charge in [-0.1, -0.05) is 6.42 Å². The Hall–Kier alpha value is -0.110. The summed E-state index contributed by atoms with van der Waals surface area (Å²) in [6, 6.07) is 1.00. The predicted molar refractivity (Wildman–Crippen MR) is 38.7 cm³/mol. The molecule has 0 aliphatic carbocycles. The lowest BCUT2D eigenvalue weighted by atomic mass is 9.86. The van der Waals surface area contributed by atoms with Crippen LogP contribution in [0.3, 0.4) is 0 Å². The van der Waals surface area contributed by atoms with Crippen LogP contribution in [0, 0.1) is 0 Å². The third kappa shape index (κ3) is 1.17. The van der Waals surface area contributed by atoms with Crippen LogP contribution in [0.4, 0.5) is 4.39 Å². The summed E-state index contributed by atoms with van der Waals surface area (Å²) in [6.45, 7) is 0. The van der Waals surface area contributed by atoms with Gasteiger partial charge in [-0.05, 0) is 25.7 Å². The zero-order valence-electron chi connectivity index (χ0n) is 6.15. The first-order valence-corrected chi connectivity index (χ1v) is 4.25. The van der Waals surface area contributed by atoms with Crippen molar-refractivity contribution >= 4 is 0 Å². The second-order valence-corrected chi connectivity index (χ2v) is 3.56. The second-order valence-electron chi connectivity index (χ2n) is 3.56. The standard InChI is InChI=1S/C8H14FN/c9-6-4-7-2-1-3-8(5-6)10-7/h6-8,10H,1-5H2. The van der Waals surface area contributed by atoms with Crippen molar-refractivity contribution in [3.63, 3.8) is 0 Å². The Morgan fingerprint density at radius 1 is 1.10 bits per heavy atom. The molecule has 0 aromatic rings. The molecule has 58 valence electrons. The van der Waals surface area contributed by atoms with Gasteiger partial charge in [-0.15, -0.1) is 0 Å². The Bertz CT molecular complexity index is 110. The molecule has 0 amide bonds. The Morgan fingerprint density at radius 2 is 1.70 bits per heavy atom. The van der Waals surface area contributed by atoms with Gasteiger partial charge in [0.05, 0.1) is 0 Å². The van der Waals surface area contributed by atoms with E-state index in [1.807, 2.05) is 0 Å². The fourth-order valence-corrected chi connectivity index (χ4v) is 2.20. The van der Waals surface area contributed by atoms with Crippen molar-refractivity contribution in [2.24, 2.45) is 0 Å². The predicted octanol–water partition coefficient (Wildman–Crippen LogP) is 1.63. The Labute approximate surface area is 61.0 Å². The molecular formula is C8H14FN. The summed E-state index contributed by atoms with van der Waals surface area (Å²) in [7, 11) is 0. The number of halogens is 1. The number of hydrogen-bond donors (Lipinski definition) is 1. The van der Waals surface area contributed by atoms with Gasteiger partial charge in [-0.25, -0.2) is 4.39 Å². The molecule has 0 radical (unpaired) electrons. The highest BCUT2D eigenvalue weighted by Gasteiger charge is 2.30. The molecule has 2 unspecified atom stereocenters. The van der Waals surface area contributed by atoms with Gasteiger partial charge in [0, 0.05) is 12.1 Å². The fourth-order valence-electron chi connectivity index (χ4n) is 2.20. The highest BCUT2D eigenvalue weighted by atomic mass is 19.1. The molecule has 0 aromatic heterocycles. The van der Waals surface area contributed by atoms with Crippen LogP contribution in [0.1, 0.15) is 32.1 Å². The number of alkyl halides is 1. The maximum atomic E-state index is 12.9. The van der Waals surface area contributed by atoms with Gasteiger partial charge in [-0.3, -0.25) is 0 Å². The largest absolute Gasteiger partial charge is 0.311 e. The van der Waals surface area contributed by atoms with Gasteiger partial charge in [0.1, 0.15) is 6.17 Å². The first-order chi connectivity index (χ1) is 4.84. The van der Waals surface area contributed by atoms with Crippen molar-refractivity contribution in [1.82, 2.24) is 5.32 Å². The third-order valence-corrected chi connectivity index (χ3v) is 2.66. The molecule has 1 N–H and O–H groups in total. The van der Waals surface area contributed by atoms with Crippen LogP contribution in [-0.2, 0) is 0 Å². The molecule has 2 aliphatic heterocycles. The number of nitrogens with one attached hydrogen (secondary N) is 1. The summed E-state index contributed by atoms with van der Waals surface area (Å²) in [5.41, 5.74) is 0. The molecule has 10 heavy (non-hydrogen) atoms. The minimum Gasteiger partial charge on any atom is -0.311 e. The minimum absolute atomic E-state index is 0.502. The maximum Gasteiger partial charge on any atom is 0.103 e. The van der Waals surface area contributed by atoms with Crippen molar-refractivity contribution < 1.29 is 4.39 Å². The Kier molecular flexibility index (Phi) is 1.65. The molecule has 2 heterocycles. The van der Waals surface area contributed by atoms with Crippen molar-refractivity contribution in [2.45, 2.75) is 50.4 Å². The fraction of sp³-hybridized carbons (Fsp3) is 1.00. The highest BCUT2D eigenvalue weighted by Crippen LogP contribution is 2.26. The quantitative estimate of drug-likeness (QED) is 0.543. The van der Waals surface area contributed by atoms with Gasteiger partial charge in [0.2, 0.25) is 0 Å².